The Morgan fingerprint density at radius 2 is 2.20 bits per heavy atom. The predicted octanol–water partition coefficient (Wildman–Crippen LogP) is 3.58. The van der Waals surface area contributed by atoms with Crippen LogP contribution in [-0.2, 0) is 0 Å². The van der Waals surface area contributed by atoms with E-state index in [1.807, 2.05) is 6.07 Å². The fourth-order valence-electron chi connectivity index (χ4n) is 0.622. The topological polar surface area (TPSA) is 0 Å². The molecule has 0 spiro atoms. The van der Waals surface area contributed by atoms with Crippen LogP contribution in [0.1, 0.15) is 5.56 Å². The summed E-state index contributed by atoms with van der Waals surface area (Å²) in [6.45, 7) is 1.76. The highest BCUT2D eigenvalue weighted by molar-refractivity contribution is 14.2. The van der Waals surface area contributed by atoms with Crippen LogP contribution in [0.2, 0.25) is 0 Å². The van der Waals surface area contributed by atoms with Crippen LogP contribution in [0.25, 0.3) is 0 Å². The van der Waals surface area contributed by atoms with Gasteiger partial charge in [0.1, 0.15) is 5.82 Å². The molecule has 1 aromatic rings. The molecular formula is C7H6FIS. The minimum absolute atomic E-state index is 0.123. The lowest BCUT2D eigenvalue weighted by Gasteiger charge is -1.96. The maximum absolute atomic E-state index is 12.7. The molecule has 0 amide bonds. The fraction of sp³-hybridized carbons (Fsp3) is 0.143. The van der Waals surface area contributed by atoms with E-state index in [0.717, 1.165) is 4.90 Å². The van der Waals surface area contributed by atoms with Crippen LogP contribution in [0.15, 0.2) is 23.1 Å². The first-order chi connectivity index (χ1) is 4.74. The second-order valence-electron chi connectivity index (χ2n) is 1.99. The van der Waals surface area contributed by atoms with Crippen molar-refractivity contribution >= 4 is 30.1 Å². The first kappa shape index (κ1) is 8.33. The third-order valence-corrected chi connectivity index (χ3v) is 3.19. The van der Waals surface area contributed by atoms with Crippen molar-refractivity contribution in [2.24, 2.45) is 0 Å². The second-order valence-corrected chi connectivity index (χ2v) is 3.94. The van der Waals surface area contributed by atoms with Gasteiger partial charge < -0.3 is 0 Å². The first-order valence-corrected chi connectivity index (χ1v) is 6.14. The molecule has 0 aliphatic carbocycles. The molecule has 10 heavy (non-hydrogen) atoms. The Bertz CT molecular complexity index is 237. The van der Waals surface area contributed by atoms with Crippen molar-refractivity contribution in [2.75, 3.05) is 0 Å². The van der Waals surface area contributed by atoms with Gasteiger partial charge in [-0.3, -0.25) is 0 Å². The summed E-state index contributed by atoms with van der Waals surface area (Å²) in [7, 11) is 1.52. The molecule has 0 aliphatic rings. The SMILES string of the molecule is Cc1ccc(SI)cc1F. The van der Waals surface area contributed by atoms with Crippen LogP contribution in [-0.4, -0.2) is 0 Å². The lowest BCUT2D eigenvalue weighted by Crippen LogP contribution is -1.79. The summed E-state index contributed by atoms with van der Waals surface area (Å²) < 4.78 is 12.7. The van der Waals surface area contributed by atoms with Gasteiger partial charge in [0.05, 0.1) is 0 Å². The Morgan fingerprint density at radius 3 is 2.70 bits per heavy atom. The average Bonchev–Trinajstić information content (AvgIpc) is 1.95. The molecule has 1 rings (SSSR count). The molecular weight excluding hydrogens is 262 g/mol. The van der Waals surface area contributed by atoms with Crippen LogP contribution in [0, 0.1) is 12.7 Å². The third kappa shape index (κ3) is 1.85. The minimum atomic E-state index is -0.123. The quantitative estimate of drug-likeness (QED) is 0.701. The molecule has 54 valence electrons. The number of benzene rings is 1. The van der Waals surface area contributed by atoms with Gasteiger partial charge in [-0.05, 0) is 24.6 Å². The molecule has 0 heterocycles. The summed E-state index contributed by atoms with van der Waals surface area (Å²) in [5.74, 6) is -0.123. The highest BCUT2D eigenvalue weighted by Gasteiger charge is 1.97. The van der Waals surface area contributed by atoms with E-state index in [0.29, 0.717) is 5.56 Å². The Balaban J connectivity index is 3.04. The number of aryl methyl sites for hydroxylation is 1. The number of hydrogen-bond acceptors (Lipinski definition) is 1. The van der Waals surface area contributed by atoms with Crippen molar-refractivity contribution < 1.29 is 4.39 Å². The normalized spacial score (nSPS) is 9.90. The summed E-state index contributed by atoms with van der Waals surface area (Å²) in [5.41, 5.74) is 0.703. The van der Waals surface area contributed by atoms with E-state index in [9.17, 15) is 4.39 Å². The zero-order chi connectivity index (χ0) is 7.56. The molecule has 0 atom stereocenters. The molecule has 0 fully saturated rings. The molecule has 3 heteroatoms. The molecule has 0 bridgehead atoms. The molecule has 0 aromatic heterocycles. The second kappa shape index (κ2) is 3.57. The van der Waals surface area contributed by atoms with Gasteiger partial charge in [0.25, 0.3) is 0 Å². The highest BCUT2D eigenvalue weighted by atomic mass is 127. The van der Waals surface area contributed by atoms with Gasteiger partial charge in [0, 0.05) is 26.1 Å². The van der Waals surface area contributed by atoms with E-state index in [2.05, 4.69) is 21.2 Å². The van der Waals surface area contributed by atoms with Crippen molar-refractivity contribution in [3.05, 3.63) is 29.6 Å². The maximum Gasteiger partial charge on any atom is 0.127 e. The van der Waals surface area contributed by atoms with E-state index in [-0.39, 0.29) is 5.82 Å². The number of rotatable bonds is 1. The van der Waals surface area contributed by atoms with Crippen LogP contribution in [0.4, 0.5) is 4.39 Å². The van der Waals surface area contributed by atoms with E-state index in [1.165, 1.54) is 8.93 Å². The van der Waals surface area contributed by atoms with Gasteiger partial charge in [0.15, 0.2) is 0 Å². The van der Waals surface area contributed by atoms with Crippen LogP contribution in [0.5, 0.6) is 0 Å². The van der Waals surface area contributed by atoms with E-state index in [1.54, 1.807) is 19.1 Å². The van der Waals surface area contributed by atoms with Gasteiger partial charge in [0.2, 0.25) is 0 Å². The van der Waals surface area contributed by atoms with Gasteiger partial charge in [-0.25, -0.2) is 4.39 Å². The number of halogens is 2. The molecule has 0 saturated heterocycles. The predicted molar refractivity (Wildman–Crippen MR) is 51.0 cm³/mol. The summed E-state index contributed by atoms with van der Waals surface area (Å²) in [6.07, 6.45) is 0. The lowest BCUT2D eigenvalue weighted by molar-refractivity contribution is 0.615. The molecule has 0 saturated carbocycles. The zero-order valence-electron chi connectivity index (χ0n) is 5.40. The zero-order valence-corrected chi connectivity index (χ0v) is 8.37. The van der Waals surface area contributed by atoms with Crippen molar-refractivity contribution in [1.29, 1.82) is 0 Å². The highest BCUT2D eigenvalue weighted by Crippen LogP contribution is 2.25. The Hall–Kier alpha value is 0.230. The summed E-state index contributed by atoms with van der Waals surface area (Å²) in [5, 5.41) is 0. The van der Waals surface area contributed by atoms with Crippen molar-refractivity contribution in [3.63, 3.8) is 0 Å². The largest absolute Gasteiger partial charge is 0.207 e. The molecule has 1 aromatic carbocycles. The summed E-state index contributed by atoms with van der Waals surface area (Å²) in [4.78, 5) is 0.962. The smallest absolute Gasteiger partial charge is 0.127 e. The number of hydrogen-bond donors (Lipinski definition) is 0. The monoisotopic (exact) mass is 268 g/mol. The third-order valence-electron chi connectivity index (χ3n) is 1.23. The van der Waals surface area contributed by atoms with Gasteiger partial charge in [-0.1, -0.05) is 15.0 Å². The molecule has 0 radical (unpaired) electrons. The minimum Gasteiger partial charge on any atom is -0.207 e. The van der Waals surface area contributed by atoms with E-state index in [4.69, 9.17) is 0 Å². The Kier molecular flexibility index (Phi) is 2.97. The van der Waals surface area contributed by atoms with Gasteiger partial charge in [-0.2, -0.15) is 0 Å². The van der Waals surface area contributed by atoms with Gasteiger partial charge >= 0.3 is 0 Å². The van der Waals surface area contributed by atoms with Crippen molar-refractivity contribution in [2.45, 2.75) is 11.8 Å². The molecule has 0 N–H and O–H groups in total. The van der Waals surface area contributed by atoms with Crippen molar-refractivity contribution in [1.82, 2.24) is 0 Å². The molecule has 0 unspecified atom stereocenters. The van der Waals surface area contributed by atoms with E-state index < -0.39 is 0 Å². The van der Waals surface area contributed by atoms with Crippen LogP contribution >= 0.6 is 30.1 Å². The Morgan fingerprint density at radius 1 is 1.50 bits per heavy atom. The van der Waals surface area contributed by atoms with Crippen LogP contribution < -0.4 is 0 Å². The van der Waals surface area contributed by atoms with Crippen molar-refractivity contribution in [3.8, 4) is 0 Å². The molecule has 0 aliphatic heterocycles. The summed E-state index contributed by atoms with van der Waals surface area (Å²) in [6, 6.07) is 5.25. The lowest BCUT2D eigenvalue weighted by atomic mass is 10.2. The standard InChI is InChI=1S/C7H6FIS/c1-5-2-3-6(10-9)4-7(5)8/h2-4H,1H3. The van der Waals surface area contributed by atoms with Crippen LogP contribution in [0.3, 0.4) is 0 Å². The maximum atomic E-state index is 12.7. The fourth-order valence-corrected chi connectivity index (χ4v) is 1.71. The van der Waals surface area contributed by atoms with Gasteiger partial charge in [-0.15, -0.1) is 0 Å². The molecule has 0 nitrogen and oxygen atoms in total. The first-order valence-electron chi connectivity index (χ1n) is 2.79. The summed E-state index contributed by atoms with van der Waals surface area (Å²) >= 11 is 2.13. The Labute approximate surface area is 75.8 Å². The average molecular weight is 268 g/mol. The van der Waals surface area contributed by atoms with E-state index >= 15 is 0 Å².